The summed E-state index contributed by atoms with van der Waals surface area (Å²) in [5, 5.41) is 8.29. The fraction of sp³-hybridized carbons (Fsp3) is 0.567. The predicted octanol–water partition coefficient (Wildman–Crippen LogP) is 7.62. The van der Waals surface area contributed by atoms with Gasteiger partial charge in [-0.3, -0.25) is 4.90 Å². The summed E-state index contributed by atoms with van der Waals surface area (Å²) in [6.45, 7) is 22.9. The molecule has 1 amide bonds. The molecule has 2 aromatic heterocycles. The van der Waals surface area contributed by atoms with E-state index in [-0.39, 0.29) is 11.0 Å². The fourth-order valence-electron chi connectivity index (χ4n) is 3.81. The highest BCUT2D eigenvalue weighted by molar-refractivity contribution is 6.74. The summed E-state index contributed by atoms with van der Waals surface area (Å²) in [5.74, 6) is 1.51. The average molecular weight is 554 g/mol. The van der Waals surface area contributed by atoms with Crippen LogP contribution in [0, 0.1) is 0 Å². The molecule has 0 fully saturated rings. The molecule has 39 heavy (non-hydrogen) atoms. The molecule has 3 aromatic rings. The first kappa shape index (κ1) is 30.6. The summed E-state index contributed by atoms with van der Waals surface area (Å²) in [7, 11) is -1.79. The van der Waals surface area contributed by atoms with E-state index in [1.165, 1.54) is 0 Å². The molecule has 0 aliphatic heterocycles. The molecule has 0 spiro atoms. The normalized spacial score (nSPS) is 12.7. The maximum atomic E-state index is 13.5. The molecule has 0 radical (unpaired) electrons. The first-order chi connectivity index (χ1) is 18.1. The van der Waals surface area contributed by atoms with E-state index in [0.717, 1.165) is 23.2 Å². The van der Waals surface area contributed by atoms with Gasteiger partial charge >= 0.3 is 6.09 Å². The Hall–Kier alpha value is -2.91. The third-order valence-corrected chi connectivity index (χ3v) is 11.6. The molecule has 3 rings (SSSR count). The number of amides is 1. The van der Waals surface area contributed by atoms with Crippen molar-refractivity contribution in [3.8, 4) is 0 Å². The van der Waals surface area contributed by atoms with Crippen LogP contribution in [0.3, 0.4) is 0 Å². The van der Waals surface area contributed by atoms with Crippen molar-refractivity contribution < 1.29 is 14.0 Å². The minimum absolute atomic E-state index is 0.182. The second-order valence-corrected chi connectivity index (χ2v) is 17.7. The summed E-state index contributed by atoms with van der Waals surface area (Å²) in [5.41, 5.74) is 2.09. The van der Waals surface area contributed by atoms with E-state index in [9.17, 15) is 4.79 Å². The van der Waals surface area contributed by atoms with Gasteiger partial charge in [-0.2, -0.15) is 9.61 Å². The number of aromatic nitrogens is 3. The second kappa shape index (κ2) is 12.1. The zero-order valence-electron chi connectivity index (χ0n) is 25.5. The molecule has 0 unspecified atom stereocenters. The Kier molecular flexibility index (Phi) is 9.49. The van der Waals surface area contributed by atoms with Crippen LogP contribution < -0.4 is 10.2 Å². The van der Waals surface area contributed by atoms with Gasteiger partial charge in [0, 0.05) is 24.8 Å². The summed E-state index contributed by atoms with van der Waals surface area (Å²) in [4.78, 5) is 20.1. The average Bonchev–Trinajstić information content (AvgIpc) is 3.25. The maximum Gasteiger partial charge on any atom is 0.416 e. The number of carbonyl (C=O) groups excluding carboxylic acids is 1. The van der Waals surface area contributed by atoms with Crippen LogP contribution in [-0.2, 0) is 15.7 Å². The molecule has 2 heterocycles. The van der Waals surface area contributed by atoms with E-state index in [1.54, 1.807) is 9.42 Å². The summed E-state index contributed by atoms with van der Waals surface area (Å²) in [6.07, 6.45) is 2.25. The summed E-state index contributed by atoms with van der Waals surface area (Å²) >= 11 is 0. The smallest absolute Gasteiger partial charge is 0.416 e. The number of nitrogens with zero attached hydrogens (tertiary/aromatic N) is 4. The SMILES string of the molecule is CC(C)c1cnn2c(N(Cc3ccccc3)C(=O)OC(C)(C)C)cc(NCCCO[Si](C)(C)C(C)(C)C)nc12. The van der Waals surface area contributed by atoms with Crippen molar-refractivity contribution in [3.63, 3.8) is 0 Å². The van der Waals surface area contributed by atoms with E-state index in [0.29, 0.717) is 31.3 Å². The number of rotatable bonds is 10. The van der Waals surface area contributed by atoms with Crippen LogP contribution in [0.15, 0.2) is 42.6 Å². The molecular formula is C30H47N5O3Si. The standard InChI is InChI=1S/C30H47N5O3Si/c1-22(2)24-20-32-35-26(34(28(36)38-29(3,4)5)21-23-15-12-11-13-16-23)19-25(33-27(24)35)31-17-14-18-37-39(9,10)30(6,7)8/h11-13,15-16,19-20,22H,14,17-18,21H2,1-10H3,(H,31,33). The van der Waals surface area contributed by atoms with Gasteiger partial charge in [-0.1, -0.05) is 65.0 Å². The highest BCUT2D eigenvalue weighted by Gasteiger charge is 2.36. The number of hydrogen-bond acceptors (Lipinski definition) is 6. The van der Waals surface area contributed by atoms with Crippen molar-refractivity contribution >= 4 is 31.7 Å². The van der Waals surface area contributed by atoms with Gasteiger partial charge in [0.15, 0.2) is 14.0 Å². The number of nitrogens with one attached hydrogen (secondary N) is 1. The lowest BCUT2D eigenvalue weighted by Crippen LogP contribution is -2.41. The number of hydrogen-bond donors (Lipinski definition) is 1. The van der Waals surface area contributed by atoms with Crippen LogP contribution in [0.2, 0.25) is 18.1 Å². The predicted molar refractivity (Wildman–Crippen MR) is 162 cm³/mol. The highest BCUT2D eigenvalue weighted by Crippen LogP contribution is 2.36. The Labute approximate surface area is 235 Å². The Balaban J connectivity index is 1.93. The number of carbonyl (C=O) groups is 1. The van der Waals surface area contributed by atoms with Gasteiger partial charge in [0.05, 0.1) is 12.7 Å². The van der Waals surface area contributed by atoms with Gasteiger partial charge in [-0.25, -0.2) is 9.78 Å². The maximum absolute atomic E-state index is 13.5. The van der Waals surface area contributed by atoms with Crippen molar-refractivity contribution in [1.82, 2.24) is 14.6 Å². The third-order valence-electron chi connectivity index (χ3n) is 7.07. The Bertz CT molecular complexity index is 1240. The second-order valence-electron chi connectivity index (χ2n) is 12.9. The van der Waals surface area contributed by atoms with Crippen LogP contribution in [0.1, 0.15) is 78.9 Å². The van der Waals surface area contributed by atoms with Crippen molar-refractivity contribution in [1.29, 1.82) is 0 Å². The van der Waals surface area contributed by atoms with E-state index >= 15 is 0 Å². The monoisotopic (exact) mass is 553 g/mol. The molecule has 9 heteroatoms. The molecule has 1 N–H and O–H groups in total. The topological polar surface area (TPSA) is 81.0 Å². The van der Waals surface area contributed by atoms with E-state index < -0.39 is 20.0 Å². The van der Waals surface area contributed by atoms with Crippen molar-refractivity contribution in [2.45, 2.75) is 98.0 Å². The van der Waals surface area contributed by atoms with Crippen LogP contribution >= 0.6 is 0 Å². The van der Waals surface area contributed by atoms with Gasteiger partial charge in [0.1, 0.15) is 17.2 Å². The van der Waals surface area contributed by atoms with Crippen LogP contribution in [0.25, 0.3) is 5.65 Å². The molecule has 214 valence electrons. The molecular weight excluding hydrogens is 506 g/mol. The van der Waals surface area contributed by atoms with Gasteiger partial charge in [-0.05, 0) is 56.8 Å². The van der Waals surface area contributed by atoms with Crippen molar-refractivity contribution in [3.05, 3.63) is 53.7 Å². The van der Waals surface area contributed by atoms with Gasteiger partial charge < -0.3 is 14.5 Å². The number of benzene rings is 1. The molecule has 0 aliphatic carbocycles. The zero-order chi connectivity index (χ0) is 29.0. The molecule has 1 aromatic carbocycles. The van der Waals surface area contributed by atoms with Crippen LogP contribution in [0.5, 0.6) is 0 Å². The number of ether oxygens (including phenoxy) is 1. The Morgan fingerprint density at radius 1 is 1.10 bits per heavy atom. The van der Waals surface area contributed by atoms with E-state index in [2.05, 4.69) is 58.1 Å². The Morgan fingerprint density at radius 2 is 1.77 bits per heavy atom. The van der Waals surface area contributed by atoms with Gasteiger partial charge in [0.25, 0.3) is 0 Å². The lowest BCUT2D eigenvalue weighted by Gasteiger charge is -2.36. The highest BCUT2D eigenvalue weighted by atomic mass is 28.4. The summed E-state index contributed by atoms with van der Waals surface area (Å²) < 4.78 is 13.9. The van der Waals surface area contributed by atoms with Crippen molar-refractivity contribution in [2.24, 2.45) is 0 Å². The first-order valence-electron chi connectivity index (χ1n) is 13.9. The molecule has 0 atom stereocenters. The molecule has 0 saturated carbocycles. The quantitative estimate of drug-likeness (QED) is 0.205. The lowest BCUT2D eigenvalue weighted by molar-refractivity contribution is 0.0575. The minimum Gasteiger partial charge on any atom is -0.443 e. The van der Waals surface area contributed by atoms with Gasteiger partial charge in [-0.15, -0.1) is 0 Å². The van der Waals surface area contributed by atoms with Crippen LogP contribution in [-0.4, -0.2) is 47.8 Å². The minimum atomic E-state index is -1.79. The lowest BCUT2D eigenvalue weighted by atomic mass is 10.1. The fourth-order valence-corrected chi connectivity index (χ4v) is 4.90. The molecule has 0 saturated heterocycles. The molecule has 0 aliphatic rings. The third kappa shape index (κ3) is 8.05. The first-order valence-corrected chi connectivity index (χ1v) is 16.8. The zero-order valence-corrected chi connectivity index (χ0v) is 26.5. The van der Waals surface area contributed by atoms with Crippen LogP contribution in [0.4, 0.5) is 16.4 Å². The number of fused-ring (bicyclic) bond motifs is 1. The van der Waals surface area contributed by atoms with Crippen molar-refractivity contribution in [2.75, 3.05) is 23.4 Å². The summed E-state index contributed by atoms with van der Waals surface area (Å²) in [6, 6.07) is 11.8. The Morgan fingerprint density at radius 3 is 2.36 bits per heavy atom. The number of anilines is 2. The molecule has 8 nitrogen and oxygen atoms in total. The van der Waals surface area contributed by atoms with E-state index in [4.69, 9.17) is 14.1 Å². The largest absolute Gasteiger partial charge is 0.443 e. The van der Waals surface area contributed by atoms with Gasteiger partial charge in [0.2, 0.25) is 0 Å². The molecule has 0 bridgehead atoms. The van der Waals surface area contributed by atoms with E-state index in [1.807, 2.05) is 63.4 Å².